The highest BCUT2D eigenvalue weighted by molar-refractivity contribution is 6.32. The minimum absolute atomic E-state index is 0.00900. The smallest absolute Gasteiger partial charge is 0.277 e. The number of hydrazone groups is 1. The lowest BCUT2D eigenvalue weighted by molar-refractivity contribution is -0.123. The van der Waals surface area contributed by atoms with Gasteiger partial charge in [0.25, 0.3) is 5.91 Å². The van der Waals surface area contributed by atoms with Crippen molar-refractivity contribution in [2.45, 2.75) is 0 Å². The minimum Gasteiger partial charge on any atom is -0.507 e. The van der Waals surface area contributed by atoms with Crippen LogP contribution in [-0.2, 0) is 4.79 Å². The molecule has 0 aliphatic heterocycles. The Morgan fingerprint density at radius 1 is 1.27 bits per heavy atom. The highest BCUT2D eigenvalue weighted by Gasteiger charge is 2.04. The van der Waals surface area contributed by atoms with E-state index in [-0.39, 0.29) is 12.4 Å². The lowest BCUT2D eigenvalue weighted by Gasteiger charge is -2.06. The monoisotopic (exact) mass is 338 g/mol. The number of nitrogens with zero attached hydrogens (tertiary/aromatic N) is 1. The van der Waals surface area contributed by atoms with Crippen molar-refractivity contribution in [3.05, 3.63) is 58.1 Å². The maximum Gasteiger partial charge on any atom is 0.277 e. The van der Waals surface area contributed by atoms with Gasteiger partial charge in [0, 0.05) is 10.6 Å². The number of carbonyl (C=O) groups excluding carboxylic acids is 1. The Morgan fingerprint density at radius 3 is 2.82 bits per heavy atom. The van der Waals surface area contributed by atoms with Gasteiger partial charge in [-0.2, -0.15) is 5.10 Å². The van der Waals surface area contributed by atoms with Gasteiger partial charge in [0.05, 0.1) is 11.2 Å². The third-order valence-electron chi connectivity index (χ3n) is 2.58. The third kappa shape index (κ3) is 4.65. The fourth-order valence-corrected chi connectivity index (χ4v) is 1.91. The molecule has 0 heterocycles. The van der Waals surface area contributed by atoms with E-state index in [9.17, 15) is 9.90 Å². The van der Waals surface area contributed by atoms with Crippen LogP contribution in [0.4, 0.5) is 0 Å². The number of aromatic hydroxyl groups is 1. The second kappa shape index (κ2) is 7.68. The summed E-state index contributed by atoms with van der Waals surface area (Å²) in [6, 6.07) is 11.3. The molecule has 7 heteroatoms. The highest BCUT2D eigenvalue weighted by Crippen LogP contribution is 2.22. The first-order chi connectivity index (χ1) is 10.6. The van der Waals surface area contributed by atoms with Gasteiger partial charge in [-0.05, 0) is 30.3 Å². The molecule has 0 aliphatic rings. The minimum atomic E-state index is -0.460. The molecule has 0 aromatic heterocycles. The summed E-state index contributed by atoms with van der Waals surface area (Å²) in [7, 11) is 0. The molecule has 5 nitrogen and oxygen atoms in total. The summed E-state index contributed by atoms with van der Waals surface area (Å²) in [6.45, 7) is -0.234. The maximum atomic E-state index is 11.6. The van der Waals surface area contributed by atoms with Crippen LogP contribution in [0.25, 0.3) is 0 Å². The van der Waals surface area contributed by atoms with Crippen LogP contribution in [0.3, 0.4) is 0 Å². The number of phenols is 1. The molecular formula is C15H12Cl2N2O3. The fraction of sp³-hybridized carbons (Fsp3) is 0.0667. The molecule has 0 unspecified atom stereocenters. The van der Waals surface area contributed by atoms with Crippen LogP contribution in [0.15, 0.2) is 47.6 Å². The van der Waals surface area contributed by atoms with E-state index in [1.807, 2.05) is 0 Å². The van der Waals surface area contributed by atoms with Crippen LogP contribution in [-0.4, -0.2) is 23.8 Å². The topological polar surface area (TPSA) is 70.9 Å². The molecule has 1 amide bonds. The number of rotatable bonds is 5. The Labute approximate surface area is 137 Å². The van der Waals surface area contributed by atoms with Crippen LogP contribution >= 0.6 is 23.2 Å². The molecule has 2 N–H and O–H groups in total. The summed E-state index contributed by atoms with van der Waals surface area (Å²) < 4.78 is 5.26. The standard InChI is InChI=1S/C15H12Cl2N2O3/c16-11-5-6-13(20)10(7-11)8-18-19-15(21)9-22-14-4-2-1-3-12(14)17/h1-8,20H,9H2,(H,19,21). The van der Waals surface area contributed by atoms with Crippen LogP contribution in [0, 0.1) is 0 Å². The first-order valence-corrected chi connectivity index (χ1v) is 6.99. The van der Waals surface area contributed by atoms with Crippen LogP contribution in [0.5, 0.6) is 11.5 Å². The van der Waals surface area contributed by atoms with E-state index in [1.54, 1.807) is 30.3 Å². The van der Waals surface area contributed by atoms with Gasteiger partial charge in [0.2, 0.25) is 0 Å². The van der Waals surface area contributed by atoms with Crippen LogP contribution < -0.4 is 10.2 Å². The van der Waals surface area contributed by atoms with Crippen molar-refractivity contribution in [3.8, 4) is 11.5 Å². The molecule has 0 fully saturated rings. The molecule has 0 bridgehead atoms. The quantitative estimate of drug-likeness (QED) is 0.649. The molecule has 0 spiro atoms. The van der Waals surface area contributed by atoms with E-state index in [0.717, 1.165) is 0 Å². The zero-order chi connectivity index (χ0) is 15.9. The predicted molar refractivity (Wildman–Crippen MR) is 85.8 cm³/mol. The van der Waals surface area contributed by atoms with Gasteiger partial charge < -0.3 is 9.84 Å². The molecular weight excluding hydrogens is 327 g/mol. The van der Waals surface area contributed by atoms with Crippen molar-refractivity contribution in [1.82, 2.24) is 5.43 Å². The highest BCUT2D eigenvalue weighted by atomic mass is 35.5. The zero-order valence-electron chi connectivity index (χ0n) is 11.3. The van der Waals surface area contributed by atoms with Crippen molar-refractivity contribution in [2.75, 3.05) is 6.61 Å². The number of nitrogens with one attached hydrogen (secondary N) is 1. The molecule has 2 rings (SSSR count). The number of ether oxygens (including phenoxy) is 1. The first kappa shape index (κ1) is 16.1. The van der Waals surface area contributed by atoms with Gasteiger partial charge in [0.1, 0.15) is 11.5 Å². The summed E-state index contributed by atoms with van der Waals surface area (Å²) in [5.74, 6) is -0.0387. The molecule has 0 saturated carbocycles. The van der Waals surface area contributed by atoms with Crippen LogP contribution in [0.1, 0.15) is 5.56 Å². The average Bonchev–Trinajstić information content (AvgIpc) is 2.50. The number of benzene rings is 2. The summed E-state index contributed by atoms with van der Waals surface area (Å²) in [5.41, 5.74) is 2.66. The van der Waals surface area contributed by atoms with Gasteiger partial charge in [-0.15, -0.1) is 0 Å². The largest absolute Gasteiger partial charge is 0.507 e. The van der Waals surface area contributed by atoms with Gasteiger partial charge in [-0.3, -0.25) is 4.79 Å². The van der Waals surface area contributed by atoms with E-state index in [1.165, 1.54) is 18.3 Å². The number of halogens is 2. The summed E-state index contributed by atoms with van der Waals surface area (Å²) >= 11 is 11.7. The Hall–Kier alpha value is -2.24. The Bertz CT molecular complexity index is 705. The van der Waals surface area contributed by atoms with Crippen molar-refractivity contribution in [2.24, 2.45) is 5.10 Å². The molecule has 0 radical (unpaired) electrons. The molecule has 0 aliphatic carbocycles. The summed E-state index contributed by atoms with van der Waals surface area (Å²) in [6.07, 6.45) is 1.29. The summed E-state index contributed by atoms with van der Waals surface area (Å²) in [5, 5.41) is 14.2. The molecule has 114 valence electrons. The Morgan fingerprint density at radius 2 is 2.05 bits per heavy atom. The van der Waals surface area contributed by atoms with E-state index in [4.69, 9.17) is 27.9 Å². The number of para-hydroxylation sites is 1. The number of hydrogen-bond acceptors (Lipinski definition) is 4. The molecule has 22 heavy (non-hydrogen) atoms. The van der Waals surface area contributed by atoms with E-state index in [0.29, 0.717) is 21.4 Å². The first-order valence-electron chi connectivity index (χ1n) is 6.24. The molecule has 2 aromatic carbocycles. The fourth-order valence-electron chi connectivity index (χ4n) is 1.54. The number of carbonyl (C=O) groups is 1. The molecule has 0 atom stereocenters. The van der Waals surface area contributed by atoms with Crippen molar-refractivity contribution in [3.63, 3.8) is 0 Å². The maximum absolute atomic E-state index is 11.6. The second-order valence-electron chi connectivity index (χ2n) is 4.22. The van der Waals surface area contributed by atoms with E-state index in [2.05, 4.69) is 10.5 Å². The second-order valence-corrected chi connectivity index (χ2v) is 5.06. The number of amides is 1. The van der Waals surface area contributed by atoms with Gasteiger partial charge in [-0.25, -0.2) is 5.43 Å². The van der Waals surface area contributed by atoms with Crippen molar-refractivity contribution in [1.29, 1.82) is 0 Å². The number of hydrogen-bond donors (Lipinski definition) is 2. The summed E-state index contributed by atoms with van der Waals surface area (Å²) in [4.78, 5) is 11.6. The van der Waals surface area contributed by atoms with Crippen molar-refractivity contribution >= 4 is 35.3 Å². The Balaban J connectivity index is 1.86. The average molecular weight is 339 g/mol. The number of phenolic OH excluding ortho intramolecular Hbond substituents is 1. The normalized spacial score (nSPS) is 10.6. The van der Waals surface area contributed by atoms with Crippen LogP contribution in [0.2, 0.25) is 10.0 Å². The van der Waals surface area contributed by atoms with E-state index < -0.39 is 5.91 Å². The SMILES string of the molecule is O=C(COc1ccccc1Cl)NN=Cc1cc(Cl)ccc1O. The zero-order valence-corrected chi connectivity index (χ0v) is 12.8. The van der Waals surface area contributed by atoms with E-state index >= 15 is 0 Å². The van der Waals surface area contributed by atoms with Crippen molar-refractivity contribution < 1.29 is 14.6 Å². The molecule has 2 aromatic rings. The Kier molecular flexibility index (Phi) is 5.63. The lowest BCUT2D eigenvalue weighted by atomic mass is 10.2. The van der Waals surface area contributed by atoms with Gasteiger partial charge >= 0.3 is 0 Å². The predicted octanol–water partition coefficient (Wildman–Crippen LogP) is 3.23. The van der Waals surface area contributed by atoms with Gasteiger partial charge in [-0.1, -0.05) is 35.3 Å². The third-order valence-corrected chi connectivity index (χ3v) is 3.13. The molecule has 0 saturated heterocycles. The lowest BCUT2D eigenvalue weighted by Crippen LogP contribution is -2.24. The van der Waals surface area contributed by atoms with Gasteiger partial charge in [0.15, 0.2) is 6.61 Å².